The minimum absolute atomic E-state index is 0. The van der Waals surface area contributed by atoms with Crippen LogP contribution in [0.5, 0.6) is 5.75 Å². The first kappa shape index (κ1) is 27.3. The van der Waals surface area contributed by atoms with Crippen molar-refractivity contribution in [1.82, 2.24) is 16.0 Å². The van der Waals surface area contributed by atoms with Crippen LogP contribution < -0.4 is 20.7 Å². The zero-order valence-corrected chi connectivity index (χ0v) is 21.2. The van der Waals surface area contributed by atoms with Crippen molar-refractivity contribution >= 4 is 36.0 Å². The van der Waals surface area contributed by atoms with Crippen LogP contribution in [0.2, 0.25) is 0 Å². The number of halogens is 1. The minimum atomic E-state index is -0.527. The molecule has 0 spiro atoms. The molecular formula is C21H37IN4O3. The second kappa shape index (κ2) is 12.1. The minimum Gasteiger partial charge on any atom is -0.491 e. The molecule has 166 valence electrons. The summed E-state index contributed by atoms with van der Waals surface area (Å²) in [5.41, 5.74) is 0.0849. The molecule has 0 fully saturated rings. The van der Waals surface area contributed by atoms with Crippen LogP contribution in [0.4, 0.5) is 4.79 Å². The fourth-order valence-electron chi connectivity index (χ4n) is 2.29. The van der Waals surface area contributed by atoms with Crippen LogP contribution in [-0.2, 0) is 11.3 Å². The number of carbonyl (C=O) groups is 1. The van der Waals surface area contributed by atoms with E-state index in [4.69, 9.17) is 9.47 Å². The number of rotatable bonds is 7. The molecule has 0 aliphatic rings. The molecule has 1 aromatic carbocycles. The summed E-state index contributed by atoms with van der Waals surface area (Å²) < 4.78 is 11.0. The largest absolute Gasteiger partial charge is 0.491 e. The van der Waals surface area contributed by atoms with Gasteiger partial charge in [-0.05, 0) is 66.2 Å². The van der Waals surface area contributed by atoms with Crippen LogP contribution in [0.25, 0.3) is 0 Å². The number of benzene rings is 1. The third-order valence-corrected chi connectivity index (χ3v) is 3.52. The third-order valence-electron chi connectivity index (χ3n) is 3.52. The zero-order valence-electron chi connectivity index (χ0n) is 18.9. The molecule has 0 bridgehead atoms. The predicted molar refractivity (Wildman–Crippen MR) is 129 cm³/mol. The van der Waals surface area contributed by atoms with Gasteiger partial charge in [-0.2, -0.15) is 0 Å². The van der Waals surface area contributed by atoms with Gasteiger partial charge < -0.3 is 25.4 Å². The van der Waals surface area contributed by atoms with Crippen molar-refractivity contribution in [3.8, 4) is 5.75 Å². The summed E-state index contributed by atoms with van der Waals surface area (Å²) in [6.45, 7) is 14.5. The van der Waals surface area contributed by atoms with Crippen molar-refractivity contribution in [3.63, 3.8) is 0 Å². The maximum atomic E-state index is 12.0. The van der Waals surface area contributed by atoms with E-state index in [0.29, 0.717) is 19.0 Å². The summed E-state index contributed by atoms with van der Waals surface area (Å²) in [5.74, 6) is 1.51. The van der Waals surface area contributed by atoms with Gasteiger partial charge in [0.25, 0.3) is 0 Å². The highest BCUT2D eigenvalue weighted by atomic mass is 127. The maximum Gasteiger partial charge on any atom is 0.408 e. The van der Waals surface area contributed by atoms with Crippen LogP contribution in [0.1, 0.15) is 54.0 Å². The monoisotopic (exact) mass is 520 g/mol. The van der Waals surface area contributed by atoms with Crippen LogP contribution in [-0.4, -0.2) is 42.9 Å². The van der Waals surface area contributed by atoms with Gasteiger partial charge in [0.15, 0.2) is 5.96 Å². The lowest BCUT2D eigenvalue weighted by Gasteiger charge is -2.29. The Morgan fingerprint density at radius 3 is 2.14 bits per heavy atom. The fraction of sp³-hybridized carbons (Fsp3) is 0.619. The number of hydrogen-bond acceptors (Lipinski definition) is 4. The average Bonchev–Trinajstić information content (AvgIpc) is 2.53. The molecule has 0 radical (unpaired) electrons. The van der Waals surface area contributed by atoms with E-state index in [1.54, 1.807) is 7.05 Å². The second-order valence-electron chi connectivity index (χ2n) is 8.60. The Hall–Kier alpha value is -1.71. The van der Waals surface area contributed by atoms with Crippen LogP contribution >= 0.6 is 24.0 Å². The van der Waals surface area contributed by atoms with Crippen molar-refractivity contribution in [1.29, 1.82) is 0 Å². The molecule has 0 aliphatic carbocycles. The predicted octanol–water partition coefficient (Wildman–Crippen LogP) is 4.06. The Balaban J connectivity index is 0.00000784. The van der Waals surface area contributed by atoms with Crippen molar-refractivity contribution < 1.29 is 14.3 Å². The number of aliphatic imine (C=N–C) groups is 1. The molecule has 0 saturated carbocycles. The highest BCUT2D eigenvalue weighted by Gasteiger charge is 2.24. The molecule has 1 aromatic rings. The molecule has 0 atom stereocenters. The summed E-state index contributed by atoms with van der Waals surface area (Å²) in [4.78, 5) is 16.2. The van der Waals surface area contributed by atoms with Gasteiger partial charge in [0.05, 0.1) is 11.6 Å². The van der Waals surface area contributed by atoms with Crippen LogP contribution in [0.3, 0.4) is 0 Å². The summed E-state index contributed by atoms with van der Waals surface area (Å²) in [6.07, 6.45) is -0.282. The standard InChI is InChI=1S/C21H36N4O3.HI/c1-15(2)27-17-11-9-16(10-12-17)13-23-18(22-8)24-14-21(6,7)25-19(26)28-20(3,4)5;/h9-12,15H,13-14H2,1-8H3,(H,25,26)(H2,22,23,24);1H. The van der Waals surface area contributed by atoms with E-state index >= 15 is 0 Å². The van der Waals surface area contributed by atoms with E-state index in [-0.39, 0.29) is 30.1 Å². The molecule has 0 heterocycles. The number of ether oxygens (including phenoxy) is 2. The number of nitrogens with zero attached hydrogens (tertiary/aromatic N) is 1. The number of carbonyl (C=O) groups excluding carboxylic acids is 1. The Labute approximate surface area is 192 Å². The van der Waals surface area contributed by atoms with Crippen molar-refractivity contribution in [2.24, 2.45) is 4.99 Å². The molecule has 0 saturated heterocycles. The van der Waals surface area contributed by atoms with Crippen LogP contribution in [0, 0.1) is 0 Å². The lowest BCUT2D eigenvalue weighted by molar-refractivity contribution is 0.0474. The summed E-state index contributed by atoms with van der Waals surface area (Å²) >= 11 is 0. The number of nitrogens with one attached hydrogen (secondary N) is 3. The highest BCUT2D eigenvalue weighted by molar-refractivity contribution is 14.0. The Morgan fingerprint density at radius 1 is 1.07 bits per heavy atom. The van der Waals surface area contributed by atoms with Gasteiger partial charge in [0.1, 0.15) is 11.4 Å². The maximum absolute atomic E-state index is 12.0. The van der Waals surface area contributed by atoms with E-state index in [0.717, 1.165) is 11.3 Å². The normalized spacial score (nSPS) is 12.1. The molecule has 1 amide bonds. The van der Waals surface area contributed by atoms with E-state index in [9.17, 15) is 4.79 Å². The Kier molecular flexibility index (Phi) is 11.4. The molecule has 0 unspecified atom stereocenters. The third kappa shape index (κ3) is 12.5. The molecule has 3 N–H and O–H groups in total. The smallest absolute Gasteiger partial charge is 0.408 e. The quantitative estimate of drug-likeness (QED) is 0.287. The first-order valence-electron chi connectivity index (χ1n) is 9.61. The molecule has 0 aliphatic heterocycles. The van der Waals surface area contributed by atoms with E-state index in [1.807, 2.05) is 72.7 Å². The first-order valence-corrected chi connectivity index (χ1v) is 9.61. The van der Waals surface area contributed by atoms with Crippen molar-refractivity contribution in [3.05, 3.63) is 29.8 Å². The Morgan fingerprint density at radius 2 is 1.66 bits per heavy atom. The van der Waals surface area contributed by atoms with E-state index in [2.05, 4.69) is 20.9 Å². The highest BCUT2D eigenvalue weighted by Crippen LogP contribution is 2.13. The van der Waals surface area contributed by atoms with E-state index in [1.165, 1.54) is 0 Å². The zero-order chi connectivity index (χ0) is 21.4. The molecule has 7 nitrogen and oxygen atoms in total. The summed E-state index contributed by atoms with van der Waals surface area (Å²) in [5, 5.41) is 9.36. The molecule has 0 aromatic heterocycles. The number of amides is 1. The van der Waals surface area contributed by atoms with Gasteiger partial charge in [-0.15, -0.1) is 24.0 Å². The number of guanidine groups is 1. The lowest BCUT2D eigenvalue weighted by atomic mass is 10.1. The van der Waals surface area contributed by atoms with Gasteiger partial charge in [0, 0.05) is 20.1 Å². The van der Waals surface area contributed by atoms with Gasteiger partial charge in [-0.1, -0.05) is 12.1 Å². The van der Waals surface area contributed by atoms with Gasteiger partial charge >= 0.3 is 6.09 Å². The van der Waals surface area contributed by atoms with E-state index < -0.39 is 17.2 Å². The van der Waals surface area contributed by atoms with Crippen molar-refractivity contribution in [2.45, 2.75) is 72.3 Å². The lowest BCUT2D eigenvalue weighted by Crippen LogP contribution is -2.54. The van der Waals surface area contributed by atoms with Crippen LogP contribution in [0.15, 0.2) is 29.3 Å². The molecule has 8 heteroatoms. The fourth-order valence-corrected chi connectivity index (χ4v) is 2.29. The van der Waals surface area contributed by atoms with Gasteiger partial charge in [0.2, 0.25) is 0 Å². The summed E-state index contributed by atoms with van der Waals surface area (Å²) in [6, 6.07) is 7.96. The Bertz CT molecular complexity index is 653. The first-order chi connectivity index (χ1) is 12.9. The SMILES string of the molecule is CN=C(NCc1ccc(OC(C)C)cc1)NCC(C)(C)NC(=O)OC(C)(C)C.I. The molecule has 29 heavy (non-hydrogen) atoms. The topological polar surface area (TPSA) is 84.0 Å². The van der Waals surface area contributed by atoms with Gasteiger partial charge in [-0.25, -0.2) is 4.79 Å². The van der Waals surface area contributed by atoms with Gasteiger partial charge in [-0.3, -0.25) is 4.99 Å². The summed E-state index contributed by atoms with van der Waals surface area (Å²) in [7, 11) is 1.71. The number of alkyl carbamates (subject to hydrolysis) is 1. The molecular weight excluding hydrogens is 483 g/mol. The average molecular weight is 520 g/mol. The second-order valence-corrected chi connectivity index (χ2v) is 8.60. The number of hydrogen-bond donors (Lipinski definition) is 3. The molecule has 1 rings (SSSR count). The van der Waals surface area contributed by atoms with Crippen molar-refractivity contribution in [2.75, 3.05) is 13.6 Å².